The fourth-order valence-corrected chi connectivity index (χ4v) is 3.03. The van der Waals surface area contributed by atoms with E-state index >= 15 is 0 Å². The van der Waals surface area contributed by atoms with Crippen LogP contribution in [0.3, 0.4) is 0 Å². The van der Waals surface area contributed by atoms with E-state index in [2.05, 4.69) is 25.7 Å². The minimum atomic E-state index is -0.153. The molecule has 1 aliphatic carbocycles. The van der Waals surface area contributed by atoms with Crippen molar-refractivity contribution in [1.82, 2.24) is 5.32 Å². The number of ketones is 2. The van der Waals surface area contributed by atoms with Crippen molar-refractivity contribution in [2.24, 2.45) is 0 Å². The highest BCUT2D eigenvalue weighted by molar-refractivity contribution is 6.40. The predicted molar refractivity (Wildman–Crippen MR) is 101 cm³/mol. The van der Waals surface area contributed by atoms with Crippen molar-refractivity contribution in [2.45, 2.75) is 19.8 Å². The Kier molecular flexibility index (Phi) is 4.66. The molecule has 1 N–H and O–H groups in total. The molecule has 0 atom stereocenters. The Morgan fingerprint density at radius 3 is 2.12 bits per heavy atom. The van der Waals surface area contributed by atoms with E-state index in [1.54, 1.807) is 30.3 Å². The van der Waals surface area contributed by atoms with Gasteiger partial charge in [0.15, 0.2) is 5.78 Å². The van der Waals surface area contributed by atoms with Crippen molar-refractivity contribution < 1.29 is 9.59 Å². The number of carbonyl (C=O) groups excluding carboxylic acids is 2. The molecule has 0 saturated heterocycles. The van der Waals surface area contributed by atoms with Crippen LogP contribution in [0.2, 0.25) is 0 Å². The number of benzene rings is 2. The van der Waals surface area contributed by atoms with Crippen molar-refractivity contribution in [3.63, 3.8) is 0 Å². The van der Waals surface area contributed by atoms with Gasteiger partial charge < -0.3 is 5.32 Å². The molecule has 3 nitrogen and oxygen atoms in total. The van der Waals surface area contributed by atoms with Gasteiger partial charge in [-0.2, -0.15) is 0 Å². The third-order valence-corrected chi connectivity index (χ3v) is 4.41. The zero-order valence-electron chi connectivity index (χ0n) is 14.5. The molecule has 0 amide bonds. The summed E-state index contributed by atoms with van der Waals surface area (Å²) in [7, 11) is 0. The second-order valence-corrected chi connectivity index (χ2v) is 6.40. The van der Waals surface area contributed by atoms with E-state index in [1.807, 2.05) is 24.3 Å². The summed E-state index contributed by atoms with van der Waals surface area (Å²) in [6.07, 6.45) is 1.67. The summed E-state index contributed by atoms with van der Waals surface area (Å²) in [5.74, 6) is 0.129. The molecule has 0 bridgehead atoms. The molecule has 0 spiro atoms. The Balaban J connectivity index is 2.15. The van der Waals surface area contributed by atoms with Gasteiger partial charge in [0, 0.05) is 17.7 Å². The van der Waals surface area contributed by atoms with E-state index in [0.29, 0.717) is 34.9 Å². The van der Waals surface area contributed by atoms with Crippen LogP contribution in [0.5, 0.6) is 0 Å². The van der Waals surface area contributed by atoms with Crippen molar-refractivity contribution in [3.05, 3.63) is 89.1 Å². The molecule has 0 fully saturated rings. The predicted octanol–water partition coefficient (Wildman–Crippen LogP) is 4.38. The molecule has 0 aromatic heterocycles. The first-order chi connectivity index (χ1) is 12.0. The maximum atomic E-state index is 13.1. The number of hydrogen-bond donors (Lipinski definition) is 1. The van der Waals surface area contributed by atoms with E-state index in [4.69, 9.17) is 0 Å². The van der Waals surface area contributed by atoms with E-state index in [1.165, 1.54) is 5.56 Å². The molecular formula is C22H21NO2. The molecule has 0 aliphatic heterocycles. The van der Waals surface area contributed by atoms with Crippen molar-refractivity contribution in [2.75, 3.05) is 6.54 Å². The molecule has 2 aromatic rings. The normalized spacial score (nSPS) is 13.9. The number of Topliss-reactive ketones (excluding diaryl/α,β-unsaturated/α-hetero) is 2. The van der Waals surface area contributed by atoms with Gasteiger partial charge in [0.25, 0.3) is 0 Å². The summed E-state index contributed by atoms with van der Waals surface area (Å²) in [5.41, 5.74) is 3.63. The van der Waals surface area contributed by atoms with Gasteiger partial charge in [-0.1, -0.05) is 68.5 Å². The van der Waals surface area contributed by atoms with Crippen LogP contribution in [0.25, 0.3) is 5.57 Å². The number of carbonyl (C=O) groups is 2. The average molecular weight is 331 g/mol. The fourth-order valence-electron chi connectivity index (χ4n) is 3.03. The monoisotopic (exact) mass is 331 g/mol. The highest BCUT2D eigenvalue weighted by Gasteiger charge is 2.32. The standard InChI is InChI=1S/C22H21NO2/c1-4-13-23-20-19(16-11-9-15(10-12-16)14(2)3)21(24)17-7-5-6-8-18(17)22(20)25/h4-12,14,23H,1,13H2,2-3H3. The van der Waals surface area contributed by atoms with Crippen molar-refractivity contribution in [1.29, 1.82) is 0 Å². The van der Waals surface area contributed by atoms with E-state index < -0.39 is 0 Å². The molecule has 0 heterocycles. The summed E-state index contributed by atoms with van der Waals surface area (Å²) in [5, 5.41) is 3.07. The Labute approximate surface area is 148 Å². The lowest BCUT2D eigenvalue weighted by molar-refractivity contribution is 0.0986. The first-order valence-electron chi connectivity index (χ1n) is 8.42. The zero-order chi connectivity index (χ0) is 18.0. The first-order valence-corrected chi connectivity index (χ1v) is 8.42. The SMILES string of the molecule is C=CCNC1=C(c2ccc(C(C)C)cc2)C(=O)c2ccccc2C1=O. The summed E-state index contributed by atoms with van der Waals surface area (Å²) in [4.78, 5) is 26.0. The smallest absolute Gasteiger partial charge is 0.210 e. The summed E-state index contributed by atoms with van der Waals surface area (Å²) in [6, 6.07) is 14.8. The fraction of sp³-hybridized carbons (Fsp3) is 0.182. The number of rotatable bonds is 5. The Hall–Kier alpha value is -2.94. The lowest BCUT2D eigenvalue weighted by atomic mass is 9.83. The van der Waals surface area contributed by atoms with Crippen molar-refractivity contribution >= 4 is 17.1 Å². The van der Waals surface area contributed by atoms with Crippen LogP contribution in [0.15, 0.2) is 66.9 Å². The molecule has 0 unspecified atom stereocenters. The maximum absolute atomic E-state index is 13.1. The molecule has 3 heteroatoms. The van der Waals surface area contributed by atoms with Gasteiger partial charge in [0.2, 0.25) is 5.78 Å². The highest BCUT2D eigenvalue weighted by Crippen LogP contribution is 2.32. The third kappa shape index (κ3) is 3.05. The number of hydrogen-bond acceptors (Lipinski definition) is 3. The van der Waals surface area contributed by atoms with Crippen LogP contribution < -0.4 is 5.32 Å². The van der Waals surface area contributed by atoms with Crippen LogP contribution in [-0.4, -0.2) is 18.1 Å². The van der Waals surface area contributed by atoms with Crippen LogP contribution in [0.4, 0.5) is 0 Å². The largest absolute Gasteiger partial charge is 0.378 e. The van der Waals surface area contributed by atoms with Gasteiger partial charge in [-0.15, -0.1) is 6.58 Å². The second kappa shape index (κ2) is 6.89. The third-order valence-electron chi connectivity index (χ3n) is 4.41. The minimum Gasteiger partial charge on any atom is -0.378 e. The lowest BCUT2D eigenvalue weighted by Crippen LogP contribution is -2.30. The summed E-state index contributed by atoms with van der Waals surface area (Å²) in [6.45, 7) is 8.35. The van der Waals surface area contributed by atoms with Gasteiger partial charge in [-0.25, -0.2) is 0 Å². The van der Waals surface area contributed by atoms with E-state index in [-0.39, 0.29) is 11.6 Å². The Bertz CT molecular complexity index is 873. The Morgan fingerprint density at radius 2 is 1.56 bits per heavy atom. The lowest BCUT2D eigenvalue weighted by Gasteiger charge is -2.22. The molecule has 126 valence electrons. The molecular weight excluding hydrogens is 310 g/mol. The van der Waals surface area contributed by atoms with Gasteiger partial charge in [0.05, 0.1) is 11.3 Å². The summed E-state index contributed by atoms with van der Waals surface area (Å²) >= 11 is 0. The molecule has 0 radical (unpaired) electrons. The Morgan fingerprint density at radius 1 is 0.960 bits per heavy atom. The topological polar surface area (TPSA) is 46.2 Å². The maximum Gasteiger partial charge on any atom is 0.210 e. The molecule has 0 saturated carbocycles. The number of fused-ring (bicyclic) bond motifs is 1. The van der Waals surface area contributed by atoms with Crippen LogP contribution >= 0.6 is 0 Å². The second-order valence-electron chi connectivity index (χ2n) is 6.40. The van der Waals surface area contributed by atoms with Gasteiger partial charge in [-0.05, 0) is 17.0 Å². The first kappa shape index (κ1) is 16.9. The zero-order valence-corrected chi connectivity index (χ0v) is 14.5. The molecule has 1 aliphatic rings. The molecule has 3 rings (SSSR count). The number of allylic oxidation sites excluding steroid dienone is 2. The van der Waals surface area contributed by atoms with Crippen LogP contribution in [0, 0.1) is 0 Å². The average Bonchev–Trinajstić information content (AvgIpc) is 2.63. The molecule has 25 heavy (non-hydrogen) atoms. The summed E-state index contributed by atoms with van der Waals surface area (Å²) < 4.78 is 0. The van der Waals surface area contributed by atoms with E-state index in [9.17, 15) is 9.59 Å². The molecule has 2 aromatic carbocycles. The quantitative estimate of drug-likeness (QED) is 0.827. The van der Waals surface area contributed by atoms with E-state index in [0.717, 1.165) is 5.56 Å². The highest BCUT2D eigenvalue weighted by atomic mass is 16.1. The van der Waals surface area contributed by atoms with Crippen LogP contribution in [-0.2, 0) is 0 Å². The van der Waals surface area contributed by atoms with Crippen LogP contribution in [0.1, 0.15) is 51.6 Å². The van der Waals surface area contributed by atoms with Gasteiger partial charge in [0.1, 0.15) is 0 Å². The number of nitrogens with one attached hydrogen (secondary N) is 1. The van der Waals surface area contributed by atoms with Crippen molar-refractivity contribution in [3.8, 4) is 0 Å². The minimum absolute atomic E-state index is 0.126. The van der Waals surface area contributed by atoms with Gasteiger partial charge in [-0.3, -0.25) is 9.59 Å². The van der Waals surface area contributed by atoms with Gasteiger partial charge >= 0.3 is 0 Å².